The number of methoxy groups -OCH3 is 1. The molecule has 1 amide bonds. The number of esters is 1. The zero-order valence-corrected chi connectivity index (χ0v) is 16.5. The number of rotatable bonds is 7. The minimum atomic E-state index is -0.875. The first-order valence-corrected chi connectivity index (χ1v) is 9.21. The van der Waals surface area contributed by atoms with Crippen LogP contribution in [0.15, 0.2) is 64.6 Å². The number of furan rings is 1. The van der Waals surface area contributed by atoms with Gasteiger partial charge < -0.3 is 19.2 Å². The highest BCUT2D eigenvalue weighted by Crippen LogP contribution is 2.23. The van der Waals surface area contributed by atoms with E-state index in [1.54, 1.807) is 44.4 Å². The van der Waals surface area contributed by atoms with Crippen molar-refractivity contribution in [1.82, 2.24) is 5.32 Å². The van der Waals surface area contributed by atoms with Crippen molar-refractivity contribution in [3.63, 3.8) is 0 Å². The summed E-state index contributed by atoms with van der Waals surface area (Å²) in [6, 6.07) is 17.6. The fourth-order valence-electron chi connectivity index (χ4n) is 2.78. The SMILES string of the molecule is COc1ccc(/C=C(\C#N)C(=O)OCC(=O)N[C@H](C)c2cc3ccccc3o2)cc1. The Balaban J connectivity index is 1.56. The predicted molar refractivity (Wildman–Crippen MR) is 110 cm³/mol. The molecular formula is C23H20N2O5. The fraction of sp³-hybridized carbons (Fsp3) is 0.174. The van der Waals surface area contributed by atoms with Crippen molar-refractivity contribution in [2.45, 2.75) is 13.0 Å². The zero-order chi connectivity index (χ0) is 21.5. The van der Waals surface area contributed by atoms with Crippen LogP contribution in [0.4, 0.5) is 0 Å². The maximum Gasteiger partial charge on any atom is 0.349 e. The highest BCUT2D eigenvalue weighted by molar-refractivity contribution is 5.98. The Morgan fingerprint density at radius 3 is 2.60 bits per heavy atom. The molecule has 1 atom stereocenters. The standard InChI is InChI=1S/C23H20N2O5/c1-15(21-12-17-5-3-4-6-20(17)30-21)25-22(26)14-29-23(27)18(13-24)11-16-7-9-19(28-2)10-8-16/h3-12,15H,14H2,1-2H3,(H,25,26)/b18-11+/t15-/m1/s1. The number of amides is 1. The summed E-state index contributed by atoms with van der Waals surface area (Å²) in [4.78, 5) is 24.3. The van der Waals surface area contributed by atoms with Gasteiger partial charge in [0, 0.05) is 5.39 Å². The number of nitrogens with one attached hydrogen (secondary N) is 1. The predicted octanol–water partition coefficient (Wildman–Crippen LogP) is 3.77. The van der Waals surface area contributed by atoms with Gasteiger partial charge in [-0.25, -0.2) is 4.79 Å². The first kappa shape index (κ1) is 20.7. The molecule has 0 radical (unpaired) electrons. The van der Waals surface area contributed by atoms with E-state index in [4.69, 9.17) is 13.9 Å². The topological polar surface area (TPSA) is 102 Å². The van der Waals surface area contributed by atoms with Crippen molar-refractivity contribution in [2.75, 3.05) is 13.7 Å². The maximum absolute atomic E-state index is 12.1. The van der Waals surface area contributed by atoms with E-state index in [1.165, 1.54) is 6.08 Å². The molecular weight excluding hydrogens is 384 g/mol. The molecule has 3 aromatic rings. The third kappa shape index (κ3) is 5.06. The lowest BCUT2D eigenvalue weighted by atomic mass is 10.1. The molecule has 0 bridgehead atoms. The van der Waals surface area contributed by atoms with Crippen molar-refractivity contribution in [1.29, 1.82) is 5.26 Å². The van der Waals surface area contributed by atoms with Crippen LogP contribution >= 0.6 is 0 Å². The van der Waals surface area contributed by atoms with Crippen LogP contribution in [0.1, 0.15) is 24.3 Å². The van der Waals surface area contributed by atoms with E-state index in [2.05, 4.69) is 5.32 Å². The molecule has 0 saturated carbocycles. The van der Waals surface area contributed by atoms with Gasteiger partial charge >= 0.3 is 5.97 Å². The molecule has 7 heteroatoms. The molecule has 0 saturated heterocycles. The quantitative estimate of drug-likeness (QED) is 0.365. The number of carbonyl (C=O) groups is 2. The summed E-state index contributed by atoms with van der Waals surface area (Å²) in [6.45, 7) is 1.26. The summed E-state index contributed by atoms with van der Waals surface area (Å²) in [6.07, 6.45) is 1.39. The number of fused-ring (bicyclic) bond motifs is 1. The van der Waals surface area contributed by atoms with Gasteiger partial charge in [0.1, 0.15) is 28.7 Å². The van der Waals surface area contributed by atoms with Gasteiger partial charge in [-0.2, -0.15) is 5.26 Å². The molecule has 1 N–H and O–H groups in total. The Bertz CT molecular complexity index is 1090. The minimum Gasteiger partial charge on any atom is -0.497 e. The largest absolute Gasteiger partial charge is 0.497 e. The van der Waals surface area contributed by atoms with Crippen molar-refractivity contribution in [3.05, 3.63) is 71.5 Å². The lowest BCUT2D eigenvalue weighted by Crippen LogP contribution is -2.31. The van der Waals surface area contributed by atoms with Crippen LogP contribution in [0.2, 0.25) is 0 Å². The van der Waals surface area contributed by atoms with Crippen LogP contribution in [0.3, 0.4) is 0 Å². The second-order valence-electron chi connectivity index (χ2n) is 6.49. The molecule has 2 aromatic carbocycles. The van der Waals surface area contributed by atoms with Crippen LogP contribution in [-0.4, -0.2) is 25.6 Å². The molecule has 0 spiro atoms. The van der Waals surface area contributed by atoms with Crippen LogP contribution in [-0.2, 0) is 14.3 Å². The highest BCUT2D eigenvalue weighted by atomic mass is 16.5. The molecule has 0 fully saturated rings. The minimum absolute atomic E-state index is 0.210. The van der Waals surface area contributed by atoms with Crippen molar-refractivity contribution in [2.24, 2.45) is 0 Å². The average Bonchev–Trinajstić information content (AvgIpc) is 3.21. The molecule has 1 heterocycles. The number of ether oxygens (including phenoxy) is 2. The number of hydrogen-bond donors (Lipinski definition) is 1. The van der Waals surface area contributed by atoms with Crippen molar-refractivity contribution < 1.29 is 23.5 Å². The van der Waals surface area contributed by atoms with E-state index < -0.39 is 24.5 Å². The van der Waals surface area contributed by atoms with E-state index >= 15 is 0 Å². The molecule has 152 valence electrons. The first-order chi connectivity index (χ1) is 14.5. The van der Waals surface area contributed by atoms with Gasteiger partial charge in [-0.15, -0.1) is 0 Å². The Morgan fingerprint density at radius 1 is 1.20 bits per heavy atom. The molecule has 0 aliphatic heterocycles. The lowest BCUT2D eigenvalue weighted by Gasteiger charge is -2.11. The molecule has 0 aliphatic rings. The summed E-state index contributed by atoms with van der Waals surface area (Å²) in [5, 5.41) is 12.9. The average molecular weight is 404 g/mol. The summed E-state index contributed by atoms with van der Waals surface area (Å²) in [5.41, 5.74) is 1.15. The van der Waals surface area contributed by atoms with Gasteiger partial charge in [0.05, 0.1) is 13.2 Å². The van der Waals surface area contributed by atoms with E-state index in [1.807, 2.05) is 30.3 Å². The molecule has 3 rings (SSSR count). The van der Waals surface area contributed by atoms with E-state index in [-0.39, 0.29) is 5.57 Å². The Kier molecular flexibility index (Phi) is 6.50. The molecule has 7 nitrogen and oxygen atoms in total. The third-order valence-electron chi connectivity index (χ3n) is 4.35. The lowest BCUT2D eigenvalue weighted by molar-refractivity contribution is -0.144. The molecule has 1 aromatic heterocycles. The van der Waals surface area contributed by atoms with Gasteiger partial charge in [0.15, 0.2) is 6.61 Å². The van der Waals surface area contributed by atoms with Crippen molar-refractivity contribution >= 4 is 28.9 Å². The maximum atomic E-state index is 12.1. The number of nitriles is 1. The fourth-order valence-corrected chi connectivity index (χ4v) is 2.78. The number of benzene rings is 2. The van der Waals surface area contributed by atoms with Gasteiger partial charge in [0.25, 0.3) is 5.91 Å². The normalized spacial score (nSPS) is 12.1. The second-order valence-corrected chi connectivity index (χ2v) is 6.49. The van der Waals surface area contributed by atoms with Gasteiger partial charge in [-0.1, -0.05) is 30.3 Å². The van der Waals surface area contributed by atoms with Crippen LogP contribution < -0.4 is 10.1 Å². The highest BCUT2D eigenvalue weighted by Gasteiger charge is 2.17. The van der Waals surface area contributed by atoms with Crippen LogP contribution in [0.25, 0.3) is 17.0 Å². The monoisotopic (exact) mass is 404 g/mol. The van der Waals surface area contributed by atoms with E-state index in [0.717, 1.165) is 11.0 Å². The third-order valence-corrected chi connectivity index (χ3v) is 4.35. The summed E-state index contributed by atoms with van der Waals surface area (Å²) in [7, 11) is 1.54. The van der Waals surface area contributed by atoms with Gasteiger partial charge in [-0.05, 0) is 42.8 Å². The Morgan fingerprint density at radius 2 is 1.93 bits per heavy atom. The summed E-state index contributed by atoms with van der Waals surface area (Å²) < 4.78 is 15.7. The van der Waals surface area contributed by atoms with Crippen LogP contribution in [0.5, 0.6) is 5.75 Å². The van der Waals surface area contributed by atoms with Gasteiger partial charge in [0.2, 0.25) is 0 Å². The smallest absolute Gasteiger partial charge is 0.349 e. The summed E-state index contributed by atoms with van der Waals surface area (Å²) >= 11 is 0. The van der Waals surface area contributed by atoms with Gasteiger partial charge in [-0.3, -0.25) is 4.79 Å². The summed E-state index contributed by atoms with van der Waals surface area (Å²) in [5.74, 6) is -0.130. The Labute approximate surface area is 173 Å². The number of hydrogen-bond acceptors (Lipinski definition) is 6. The first-order valence-electron chi connectivity index (χ1n) is 9.21. The Hall–Kier alpha value is -4.05. The van der Waals surface area contributed by atoms with E-state index in [0.29, 0.717) is 17.1 Å². The zero-order valence-electron chi connectivity index (χ0n) is 16.5. The molecule has 0 unspecified atom stereocenters. The number of nitrogens with zero attached hydrogens (tertiary/aromatic N) is 1. The van der Waals surface area contributed by atoms with Crippen molar-refractivity contribution in [3.8, 4) is 11.8 Å². The molecule has 30 heavy (non-hydrogen) atoms. The second kappa shape index (κ2) is 9.43. The van der Waals surface area contributed by atoms with Crippen LogP contribution in [0, 0.1) is 11.3 Å². The molecule has 0 aliphatic carbocycles. The number of carbonyl (C=O) groups excluding carboxylic acids is 2. The van der Waals surface area contributed by atoms with E-state index in [9.17, 15) is 14.9 Å². The number of para-hydroxylation sites is 1.